The minimum Gasteiger partial charge on any atom is -0.487 e. The van der Waals surface area contributed by atoms with Gasteiger partial charge >= 0.3 is 0 Å². The van der Waals surface area contributed by atoms with Crippen LogP contribution in [0, 0.1) is 0 Å². The van der Waals surface area contributed by atoms with E-state index in [1.807, 2.05) is 66.9 Å². The highest BCUT2D eigenvalue weighted by molar-refractivity contribution is 6.32. The molecule has 1 aromatic heterocycles. The maximum Gasteiger partial charge on any atom is 0.138 e. The predicted octanol–water partition coefficient (Wildman–Crippen LogP) is 5.45. The molecule has 1 N–H and O–H groups in total. The molecule has 0 saturated carbocycles. The summed E-state index contributed by atoms with van der Waals surface area (Å²) in [7, 11) is 0. The summed E-state index contributed by atoms with van der Waals surface area (Å²) in [5, 5.41) is 4.01. The van der Waals surface area contributed by atoms with Crippen molar-refractivity contribution >= 4 is 36.4 Å². The summed E-state index contributed by atoms with van der Waals surface area (Å²) in [6.07, 6.45) is 3.64. The van der Waals surface area contributed by atoms with Gasteiger partial charge in [0, 0.05) is 25.5 Å². The summed E-state index contributed by atoms with van der Waals surface area (Å²) >= 11 is 6.33. The SMILES string of the molecule is Cl.Cl.Clc1cc(CNCc2cccnc2)ccc1OCc1ccccc1. The number of nitrogens with zero attached hydrogens (tertiary/aromatic N) is 1. The fourth-order valence-corrected chi connectivity index (χ4v) is 2.62. The number of benzene rings is 2. The minimum atomic E-state index is 0. The highest BCUT2D eigenvalue weighted by atomic mass is 35.5. The fourth-order valence-electron chi connectivity index (χ4n) is 2.36. The maximum atomic E-state index is 6.33. The average molecular weight is 412 g/mol. The zero-order chi connectivity index (χ0) is 16.6. The summed E-state index contributed by atoms with van der Waals surface area (Å²) < 4.78 is 5.79. The van der Waals surface area contributed by atoms with Gasteiger partial charge in [-0.15, -0.1) is 24.8 Å². The Kier molecular flexibility index (Phi) is 10.1. The number of aromatic nitrogens is 1. The van der Waals surface area contributed by atoms with Gasteiger partial charge in [-0.25, -0.2) is 0 Å². The molecule has 0 aliphatic heterocycles. The van der Waals surface area contributed by atoms with Gasteiger partial charge in [0.05, 0.1) is 5.02 Å². The Balaban J connectivity index is 0.00000169. The first kappa shape index (κ1) is 22.3. The second kappa shape index (κ2) is 11.8. The number of hydrogen-bond donors (Lipinski definition) is 1. The second-order valence-electron chi connectivity index (χ2n) is 5.50. The second-order valence-corrected chi connectivity index (χ2v) is 5.91. The van der Waals surface area contributed by atoms with Gasteiger partial charge in [-0.2, -0.15) is 0 Å². The van der Waals surface area contributed by atoms with E-state index in [0.29, 0.717) is 17.4 Å². The molecule has 0 bridgehead atoms. The first-order valence-electron chi connectivity index (χ1n) is 7.86. The van der Waals surface area contributed by atoms with Gasteiger partial charge in [0.1, 0.15) is 12.4 Å². The van der Waals surface area contributed by atoms with Crippen molar-refractivity contribution in [3.63, 3.8) is 0 Å². The van der Waals surface area contributed by atoms with E-state index in [0.717, 1.165) is 29.8 Å². The molecule has 138 valence electrons. The Labute approximate surface area is 171 Å². The Hall–Kier alpha value is -1.78. The highest BCUT2D eigenvalue weighted by Gasteiger charge is 2.04. The molecule has 0 spiro atoms. The number of ether oxygens (including phenoxy) is 1. The first-order chi connectivity index (χ1) is 11.8. The van der Waals surface area contributed by atoms with E-state index in [4.69, 9.17) is 16.3 Å². The lowest BCUT2D eigenvalue weighted by atomic mass is 10.2. The lowest BCUT2D eigenvalue weighted by molar-refractivity contribution is 0.306. The molecule has 3 aromatic rings. The van der Waals surface area contributed by atoms with Crippen molar-refractivity contribution in [2.75, 3.05) is 0 Å². The standard InChI is InChI=1S/C20H19ClN2O.2ClH/c21-19-11-17(12-23-14-18-7-4-10-22-13-18)8-9-20(19)24-15-16-5-2-1-3-6-16;;/h1-11,13,23H,12,14-15H2;2*1H. The summed E-state index contributed by atoms with van der Waals surface area (Å²) in [6.45, 7) is 2.03. The van der Waals surface area contributed by atoms with Crippen LogP contribution in [0.2, 0.25) is 5.02 Å². The molecule has 0 amide bonds. The van der Waals surface area contributed by atoms with Crippen LogP contribution < -0.4 is 10.1 Å². The number of pyridine rings is 1. The van der Waals surface area contributed by atoms with E-state index in [1.54, 1.807) is 6.20 Å². The summed E-state index contributed by atoms with van der Waals surface area (Å²) in [5.74, 6) is 0.705. The van der Waals surface area contributed by atoms with Crippen LogP contribution in [0.25, 0.3) is 0 Å². The molecule has 3 nitrogen and oxygen atoms in total. The third kappa shape index (κ3) is 6.85. The number of nitrogens with one attached hydrogen (secondary N) is 1. The predicted molar refractivity (Wildman–Crippen MR) is 112 cm³/mol. The number of rotatable bonds is 7. The van der Waals surface area contributed by atoms with E-state index in [-0.39, 0.29) is 24.8 Å². The van der Waals surface area contributed by atoms with Crippen molar-refractivity contribution in [3.05, 3.63) is 94.8 Å². The molecule has 0 atom stereocenters. The number of hydrogen-bond acceptors (Lipinski definition) is 3. The van der Waals surface area contributed by atoms with Gasteiger partial charge < -0.3 is 10.1 Å². The summed E-state index contributed by atoms with van der Waals surface area (Å²) in [5.41, 5.74) is 3.40. The van der Waals surface area contributed by atoms with Crippen LogP contribution >= 0.6 is 36.4 Å². The Morgan fingerprint density at radius 2 is 1.58 bits per heavy atom. The van der Waals surface area contributed by atoms with Crippen molar-refractivity contribution < 1.29 is 4.74 Å². The van der Waals surface area contributed by atoms with Crippen LogP contribution in [0.15, 0.2) is 73.1 Å². The van der Waals surface area contributed by atoms with Crippen LogP contribution in [0.4, 0.5) is 0 Å². The Morgan fingerprint density at radius 3 is 2.27 bits per heavy atom. The van der Waals surface area contributed by atoms with E-state index >= 15 is 0 Å². The van der Waals surface area contributed by atoms with Crippen molar-refractivity contribution in [1.82, 2.24) is 10.3 Å². The Bertz CT molecular complexity index is 771. The topological polar surface area (TPSA) is 34.2 Å². The molecular weight excluding hydrogens is 391 g/mol. The molecule has 0 saturated heterocycles. The van der Waals surface area contributed by atoms with Gasteiger partial charge in [-0.05, 0) is 34.9 Å². The molecule has 26 heavy (non-hydrogen) atoms. The van der Waals surface area contributed by atoms with Crippen molar-refractivity contribution in [3.8, 4) is 5.75 Å². The molecule has 6 heteroatoms. The third-order valence-electron chi connectivity index (χ3n) is 3.61. The largest absolute Gasteiger partial charge is 0.487 e. The lowest BCUT2D eigenvalue weighted by Gasteiger charge is -2.10. The van der Waals surface area contributed by atoms with Crippen LogP contribution in [-0.4, -0.2) is 4.98 Å². The third-order valence-corrected chi connectivity index (χ3v) is 3.91. The van der Waals surface area contributed by atoms with Gasteiger partial charge in [0.2, 0.25) is 0 Å². The van der Waals surface area contributed by atoms with Crippen molar-refractivity contribution in [2.24, 2.45) is 0 Å². The number of halogens is 3. The van der Waals surface area contributed by atoms with Crippen molar-refractivity contribution in [1.29, 1.82) is 0 Å². The molecular formula is C20H21Cl3N2O. The maximum absolute atomic E-state index is 6.33. The van der Waals surface area contributed by atoms with Gasteiger partial charge in [0.15, 0.2) is 0 Å². The van der Waals surface area contributed by atoms with Crippen LogP contribution in [0.5, 0.6) is 5.75 Å². The zero-order valence-electron chi connectivity index (χ0n) is 14.1. The normalized spacial score (nSPS) is 9.73. The molecule has 0 aliphatic carbocycles. The van der Waals surface area contributed by atoms with E-state index in [9.17, 15) is 0 Å². The van der Waals surface area contributed by atoms with E-state index in [1.165, 1.54) is 0 Å². The quantitative estimate of drug-likeness (QED) is 0.561. The van der Waals surface area contributed by atoms with Gasteiger partial charge in [-0.3, -0.25) is 4.98 Å². The average Bonchev–Trinajstić information content (AvgIpc) is 2.63. The molecule has 0 aliphatic rings. The highest BCUT2D eigenvalue weighted by Crippen LogP contribution is 2.26. The van der Waals surface area contributed by atoms with Gasteiger partial charge in [-0.1, -0.05) is 54.1 Å². The molecule has 0 unspecified atom stereocenters. The zero-order valence-corrected chi connectivity index (χ0v) is 16.5. The van der Waals surface area contributed by atoms with Crippen LogP contribution in [-0.2, 0) is 19.7 Å². The molecule has 1 heterocycles. The molecule has 2 aromatic carbocycles. The summed E-state index contributed by atoms with van der Waals surface area (Å²) in [6, 6.07) is 19.9. The summed E-state index contributed by atoms with van der Waals surface area (Å²) in [4.78, 5) is 4.10. The van der Waals surface area contributed by atoms with Gasteiger partial charge in [0.25, 0.3) is 0 Å². The van der Waals surface area contributed by atoms with E-state index < -0.39 is 0 Å². The van der Waals surface area contributed by atoms with Crippen LogP contribution in [0.3, 0.4) is 0 Å². The first-order valence-corrected chi connectivity index (χ1v) is 8.24. The molecule has 0 fully saturated rings. The fraction of sp³-hybridized carbons (Fsp3) is 0.150. The van der Waals surface area contributed by atoms with Crippen LogP contribution in [0.1, 0.15) is 16.7 Å². The van der Waals surface area contributed by atoms with Crippen molar-refractivity contribution in [2.45, 2.75) is 19.7 Å². The smallest absolute Gasteiger partial charge is 0.138 e. The molecule has 0 radical (unpaired) electrons. The lowest BCUT2D eigenvalue weighted by Crippen LogP contribution is -2.12. The molecule has 3 rings (SSSR count). The Morgan fingerprint density at radius 1 is 0.846 bits per heavy atom. The minimum absolute atomic E-state index is 0. The monoisotopic (exact) mass is 410 g/mol. The van der Waals surface area contributed by atoms with E-state index in [2.05, 4.69) is 10.3 Å².